The number of imidazole rings is 1. The third-order valence-corrected chi connectivity index (χ3v) is 3.21. The van der Waals surface area contributed by atoms with E-state index < -0.39 is 0 Å². The highest BCUT2D eigenvalue weighted by atomic mass is 35.5. The highest BCUT2D eigenvalue weighted by molar-refractivity contribution is 6.31. The zero-order valence-corrected chi connectivity index (χ0v) is 12.4. The molecule has 0 aliphatic rings. The van der Waals surface area contributed by atoms with Crippen LogP contribution in [-0.2, 0) is 4.79 Å². The summed E-state index contributed by atoms with van der Waals surface area (Å²) in [6.45, 7) is 4.93. The van der Waals surface area contributed by atoms with Crippen LogP contribution in [0.3, 0.4) is 0 Å². The summed E-state index contributed by atoms with van der Waals surface area (Å²) in [4.78, 5) is 15.9. The average Bonchev–Trinajstić information content (AvgIpc) is 2.71. The maximum absolute atomic E-state index is 11.7. The van der Waals surface area contributed by atoms with Crippen molar-refractivity contribution in [1.82, 2.24) is 14.7 Å². The Kier molecular flexibility index (Phi) is 4.79. The van der Waals surface area contributed by atoms with Crippen LogP contribution in [0.5, 0.6) is 0 Å². The van der Waals surface area contributed by atoms with Gasteiger partial charge in [0.2, 0.25) is 5.91 Å². The normalized spacial score (nSPS) is 11.6. The number of fused-ring (bicyclic) bond motifs is 1. The molecule has 0 aliphatic heterocycles. The Bertz CT molecular complexity index is 631. The zero-order chi connectivity index (χ0) is 14.5. The average molecular weight is 292 g/mol. The number of hydrogen-bond acceptors (Lipinski definition) is 2. The highest BCUT2D eigenvalue weighted by Crippen LogP contribution is 2.18. The van der Waals surface area contributed by atoms with E-state index >= 15 is 0 Å². The zero-order valence-electron chi connectivity index (χ0n) is 11.6. The monoisotopic (exact) mass is 291 g/mol. The third-order valence-electron chi connectivity index (χ3n) is 2.94. The summed E-state index contributed by atoms with van der Waals surface area (Å²) < 4.78 is 1.85. The van der Waals surface area contributed by atoms with Crippen LogP contribution in [0, 0.1) is 5.92 Å². The van der Waals surface area contributed by atoms with Gasteiger partial charge in [0.15, 0.2) is 5.15 Å². The van der Waals surface area contributed by atoms with E-state index in [1.54, 1.807) is 6.08 Å². The number of hydrogen-bond donors (Lipinski definition) is 1. The maximum atomic E-state index is 11.7. The Labute approximate surface area is 123 Å². The van der Waals surface area contributed by atoms with E-state index in [-0.39, 0.29) is 5.91 Å². The maximum Gasteiger partial charge on any atom is 0.244 e. The van der Waals surface area contributed by atoms with Crippen molar-refractivity contribution in [2.75, 3.05) is 6.54 Å². The summed E-state index contributed by atoms with van der Waals surface area (Å²) >= 11 is 6.08. The predicted octanol–water partition coefficient (Wildman–Crippen LogP) is 3.16. The first-order valence-electron chi connectivity index (χ1n) is 6.66. The fourth-order valence-electron chi connectivity index (χ4n) is 1.83. The Morgan fingerprint density at radius 1 is 1.50 bits per heavy atom. The van der Waals surface area contributed by atoms with Gasteiger partial charge in [0.05, 0.1) is 5.69 Å². The van der Waals surface area contributed by atoms with Crippen molar-refractivity contribution in [2.24, 2.45) is 5.92 Å². The molecule has 2 heterocycles. The van der Waals surface area contributed by atoms with Gasteiger partial charge >= 0.3 is 0 Å². The Morgan fingerprint density at radius 2 is 2.30 bits per heavy atom. The highest BCUT2D eigenvalue weighted by Gasteiger charge is 2.07. The van der Waals surface area contributed by atoms with Crippen molar-refractivity contribution >= 4 is 29.2 Å². The van der Waals surface area contributed by atoms with Gasteiger partial charge < -0.3 is 5.32 Å². The minimum Gasteiger partial charge on any atom is -0.353 e. The molecule has 0 bridgehead atoms. The first-order valence-corrected chi connectivity index (χ1v) is 7.04. The number of carbonyl (C=O) groups is 1. The molecule has 0 fully saturated rings. The summed E-state index contributed by atoms with van der Waals surface area (Å²) in [6, 6.07) is 5.65. The van der Waals surface area contributed by atoms with Gasteiger partial charge in [0.1, 0.15) is 5.65 Å². The molecule has 0 radical (unpaired) electrons. The van der Waals surface area contributed by atoms with Crippen LogP contribution in [0.25, 0.3) is 11.7 Å². The fourth-order valence-corrected chi connectivity index (χ4v) is 2.07. The minimum atomic E-state index is -0.118. The van der Waals surface area contributed by atoms with E-state index in [1.807, 2.05) is 28.8 Å². The van der Waals surface area contributed by atoms with Crippen molar-refractivity contribution < 1.29 is 4.79 Å². The molecule has 2 aromatic heterocycles. The van der Waals surface area contributed by atoms with Crippen LogP contribution in [0.2, 0.25) is 5.15 Å². The summed E-state index contributed by atoms with van der Waals surface area (Å²) in [5.74, 6) is 0.458. The number of aromatic nitrogens is 2. The topological polar surface area (TPSA) is 46.4 Å². The van der Waals surface area contributed by atoms with E-state index in [0.29, 0.717) is 23.3 Å². The van der Waals surface area contributed by atoms with Crippen LogP contribution in [0.4, 0.5) is 0 Å². The van der Waals surface area contributed by atoms with Gasteiger partial charge in [-0.2, -0.15) is 0 Å². The summed E-state index contributed by atoms with van der Waals surface area (Å²) in [7, 11) is 0. The molecule has 0 atom stereocenters. The summed E-state index contributed by atoms with van der Waals surface area (Å²) in [6.07, 6.45) is 6.01. The summed E-state index contributed by atoms with van der Waals surface area (Å²) in [5, 5.41) is 3.24. The van der Waals surface area contributed by atoms with Crippen LogP contribution in [-0.4, -0.2) is 21.8 Å². The van der Waals surface area contributed by atoms with E-state index in [9.17, 15) is 4.79 Å². The van der Waals surface area contributed by atoms with Crippen LogP contribution >= 0.6 is 11.6 Å². The molecule has 1 amide bonds. The lowest BCUT2D eigenvalue weighted by Gasteiger charge is -2.04. The smallest absolute Gasteiger partial charge is 0.244 e. The van der Waals surface area contributed by atoms with Gasteiger partial charge in [-0.05, 0) is 30.5 Å². The van der Waals surface area contributed by atoms with Crippen molar-refractivity contribution in [2.45, 2.75) is 20.3 Å². The molecule has 2 rings (SSSR count). The van der Waals surface area contributed by atoms with Gasteiger partial charge in [0.25, 0.3) is 0 Å². The molecule has 106 valence electrons. The number of pyridine rings is 1. The van der Waals surface area contributed by atoms with Gasteiger partial charge in [0, 0.05) is 18.8 Å². The quantitative estimate of drug-likeness (QED) is 0.860. The molecule has 0 unspecified atom stereocenters. The molecule has 20 heavy (non-hydrogen) atoms. The lowest BCUT2D eigenvalue weighted by atomic mass is 10.1. The van der Waals surface area contributed by atoms with Crippen molar-refractivity contribution in [1.29, 1.82) is 0 Å². The summed E-state index contributed by atoms with van der Waals surface area (Å²) in [5.41, 5.74) is 1.47. The second kappa shape index (κ2) is 6.57. The van der Waals surface area contributed by atoms with Crippen LogP contribution in [0.1, 0.15) is 26.0 Å². The predicted molar refractivity (Wildman–Crippen MR) is 81.7 cm³/mol. The molecule has 0 spiro atoms. The number of nitrogens with zero attached hydrogens (tertiary/aromatic N) is 2. The fraction of sp³-hybridized carbons (Fsp3) is 0.333. The van der Waals surface area contributed by atoms with Gasteiger partial charge in [-0.3, -0.25) is 9.20 Å². The van der Waals surface area contributed by atoms with Crippen LogP contribution in [0.15, 0.2) is 30.5 Å². The molecule has 0 aromatic carbocycles. The van der Waals surface area contributed by atoms with Gasteiger partial charge in [-0.1, -0.05) is 31.5 Å². The lowest BCUT2D eigenvalue weighted by molar-refractivity contribution is -0.116. The number of nitrogens with one attached hydrogen (secondary N) is 1. The van der Waals surface area contributed by atoms with Crippen molar-refractivity contribution in [3.63, 3.8) is 0 Å². The largest absolute Gasteiger partial charge is 0.353 e. The van der Waals surface area contributed by atoms with Crippen molar-refractivity contribution in [3.8, 4) is 0 Å². The first-order chi connectivity index (χ1) is 9.58. The van der Waals surface area contributed by atoms with Gasteiger partial charge in [-0.15, -0.1) is 0 Å². The van der Waals surface area contributed by atoms with Gasteiger partial charge in [-0.25, -0.2) is 4.98 Å². The van der Waals surface area contributed by atoms with E-state index in [1.165, 1.54) is 6.08 Å². The molecule has 0 saturated heterocycles. The number of carbonyl (C=O) groups excluding carboxylic acids is 1. The molecule has 2 aromatic rings. The standard InChI is InChI=1S/C15H18ClN3O/c1-11(2)8-9-17-14(20)7-6-12-15(16)18-13-5-3-4-10-19(12)13/h3-7,10-11H,8-9H2,1-2H3,(H,17,20)/b7-6+. The lowest BCUT2D eigenvalue weighted by Crippen LogP contribution is -2.23. The molecule has 5 heteroatoms. The molecule has 0 saturated carbocycles. The SMILES string of the molecule is CC(C)CCNC(=O)/C=C/c1c(Cl)nc2ccccn12. The van der Waals surface area contributed by atoms with Crippen LogP contribution < -0.4 is 5.32 Å². The number of rotatable bonds is 5. The molecular formula is C15H18ClN3O. The molecular weight excluding hydrogens is 274 g/mol. The first kappa shape index (κ1) is 14.6. The second-order valence-corrected chi connectivity index (χ2v) is 5.38. The third kappa shape index (κ3) is 3.61. The molecule has 0 aliphatic carbocycles. The van der Waals surface area contributed by atoms with E-state index in [4.69, 9.17) is 11.6 Å². The second-order valence-electron chi connectivity index (χ2n) is 5.02. The Morgan fingerprint density at radius 3 is 3.05 bits per heavy atom. The van der Waals surface area contributed by atoms with Crippen molar-refractivity contribution in [3.05, 3.63) is 41.3 Å². The number of halogens is 1. The Hall–Kier alpha value is -1.81. The molecule has 4 nitrogen and oxygen atoms in total. The molecule has 1 N–H and O–H groups in total. The Balaban J connectivity index is 2.06. The minimum absolute atomic E-state index is 0.118. The number of amides is 1. The van der Waals surface area contributed by atoms with E-state index in [2.05, 4.69) is 24.1 Å². The van der Waals surface area contributed by atoms with E-state index in [0.717, 1.165) is 12.1 Å².